The molecular weight excluding hydrogens is 452 g/mol. The van der Waals surface area contributed by atoms with E-state index >= 15 is 0 Å². The fraction of sp³-hybridized carbons (Fsp3) is 0.545. The zero-order valence-electron chi connectivity index (χ0n) is 17.8. The molecule has 32 heavy (non-hydrogen) atoms. The molecule has 0 aromatic carbocycles. The Balaban J connectivity index is 1.77. The van der Waals surface area contributed by atoms with E-state index in [4.69, 9.17) is 0 Å². The molecule has 2 saturated carbocycles. The fourth-order valence-corrected chi connectivity index (χ4v) is 5.96. The third kappa shape index (κ3) is 7.16. The second-order valence-electron chi connectivity index (χ2n) is 7.54. The lowest BCUT2D eigenvalue weighted by atomic mass is 9.92. The molecule has 2 aliphatic rings. The van der Waals surface area contributed by atoms with Crippen molar-refractivity contribution in [3.8, 4) is 0 Å². The van der Waals surface area contributed by atoms with Crippen LogP contribution in [0.2, 0.25) is 0 Å². The molecule has 0 aromatic rings. The van der Waals surface area contributed by atoms with Gasteiger partial charge in [0.05, 0.1) is 22.3 Å². The van der Waals surface area contributed by atoms with E-state index in [0.717, 1.165) is 0 Å². The number of carbonyl (C=O) groups is 6. The molecule has 0 heterocycles. The zero-order valence-corrected chi connectivity index (χ0v) is 19.4. The van der Waals surface area contributed by atoms with Crippen LogP contribution in [0.15, 0.2) is 25.3 Å². The Bertz CT molecular complexity index is 746. The van der Waals surface area contributed by atoms with Crippen molar-refractivity contribution in [2.45, 2.75) is 36.2 Å². The average Bonchev–Trinajstić information content (AvgIpc) is 3.20. The normalized spacial score (nSPS) is 25.1. The van der Waals surface area contributed by atoms with Gasteiger partial charge in [0.25, 0.3) is 0 Å². The minimum absolute atomic E-state index is 0.144. The summed E-state index contributed by atoms with van der Waals surface area (Å²) in [5.41, 5.74) is 0. The number of carbonyl (C=O) groups excluding carboxylic acids is 6. The number of amides is 2. The summed E-state index contributed by atoms with van der Waals surface area (Å²) >= 11 is 2.67. The summed E-state index contributed by atoms with van der Waals surface area (Å²) in [7, 11) is 0. The SMILES string of the molecule is C=CC(=O)NCCSC1CC(=O)C(CCC2C(=O)CC(SCCNC(=O)C=C)C2=O)C1=O. The van der Waals surface area contributed by atoms with E-state index in [0.29, 0.717) is 24.6 Å². The number of ketones is 4. The van der Waals surface area contributed by atoms with Gasteiger partial charge in [0.1, 0.15) is 11.6 Å². The number of rotatable bonds is 13. The maximum atomic E-state index is 12.6. The van der Waals surface area contributed by atoms with Gasteiger partial charge in [-0.3, -0.25) is 28.8 Å². The number of Topliss-reactive ketones (excluding diaryl/α,β-unsaturated/α-hetero) is 4. The van der Waals surface area contributed by atoms with E-state index < -0.39 is 22.3 Å². The van der Waals surface area contributed by atoms with Crippen LogP contribution in [0.1, 0.15) is 25.7 Å². The van der Waals surface area contributed by atoms with Crippen LogP contribution in [0.25, 0.3) is 0 Å². The lowest BCUT2D eigenvalue weighted by Crippen LogP contribution is -2.26. The van der Waals surface area contributed by atoms with Gasteiger partial charge in [0.2, 0.25) is 11.8 Å². The molecule has 0 saturated heterocycles. The lowest BCUT2D eigenvalue weighted by molar-refractivity contribution is -0.131. The molecule has 8 nitrogen and oxygen atoms in total. The smallest absolute Gasteiger partial charge is 0.243 e. The largest absolute Gasteiger partial charge is 0.352 e. The summed E-state index contributed by atoms with van der Waals surface area (Å²) in [5, 5.41) is 4.35. The predicted octanol–water partition coefficient (Wildman–Crippen LogP) is 0.891. The van der Waals surface area contributed by atoms with E-state index in [1.54, 1.807) is 0 Å². The van der Waals surface area contributed by atoms with Crippen LogP contribution in [0.4, 0.5) is 0 Å². The molecule has 2 aliphatic carbocycles. The summed E-state index contributed by atoms with van der Waals surface area (Å²) in [4.78, 5) is 72.2. The molecule has 0 aromatic heterocycles. The van der Waals surface area contributed by atoms with Crippen molar-refractivity contribution in [2.75, 3.05) is 24.6 Å². The van der Waals surface area contributed by atoms with Crippen LogP contribution in [0.5, 0.6) is 0 Å². The zero-order chi connectivity index (χ0) is 23.7. The van der Waals surface area contributed by atoms with Gasteiger partial charge < -0.3 is 10.6 Å². The summed E-state index contributed by atoms with van der Waals surface area (Å²) in [5.74, 6) is -1.72. The van der Waals surface area contributed by atoms with Crippen molar-refractivity contribution in [3.63, 3.8) is 0 Å². The summed E-state index contributed by atoms with van der Waals surface area (Å²) in [6, 6.07) is 0. The standard InChI is InChI=1S/C22H28N2O6S2/c1-3-19(27)23-7-9-31-17-11-15(25)13(21(17)29)5-6-14-16(26)12-18(22(14)30)32-10-8-24-20(28)4-2/h3-4,13-14,17-18H,1-2,5-12H2,(H,23,27)(H,24,28). The Morgan fingerprint density at radius 3 is 1.50 bits per heavy atom. The van der Waals surface area contributed by atoms with Crippen LogP contribution in [-0.2, 0) is 28.8 Å². The van der Waals surface area contributed by atoms with Gasteiger partial charge in [-0.15, -0.1) is 23.5 Å². The highest BCUT2D eigenvalue weighted by molar-refractivity contribution is 8.00. The van der Waals surface area contributed by atoms with Crippen molar-refractivity contribution in [1.82, 2.24) is 10.6 Å². The Kier molecular flexibility index (Phi) is 10.4. The summed E-state index contributed by atoms with van der Waals surface area (Å²) in [6.45, 7) is 7.47. The van der Waals surface area contributed by atoms with Crippen LogP contribution >= 0.6 is 23.5 Å². The van der Waals surface area contributed by atoms with Gasteiger partial charge in [0, 0.05) is 37.4 Å². The quantitative estimate of drug-likeness (QED) is 0.226. The first-order valence-corrected chi connectivity index (χ1v) is 12.5. The first-order valence-electron chi connectivity index (χ1n) is 10.4. The Morgan fingerprint density at radius 1 is 0.781 bits per heavy atom. The Hall–Kier alpha value is -2.20. The van der Waals surface area contributed by atoms with Crippen molar-refractivity contribution in [1.29, 1.82) is 0 Å². The molecule has 4 unspecified atom stereocenters. The highest BCUT2D eigenvalue weighted by Crippen LogP contribution is 2.35. The molecule has 2 rings (SSSR count). The molecule has 10 heteroatoms. The maximum absolute atomic E-state index is 12.6. The van der Waals surface area contributed by atoms with Gasteiger partial charge in [-0.2, -0.15) is 0 Å². The fourth-order valence-electron chi connectivity index (χ4n) is 3.73. The Morgan fingerprint density at radius 2 is 1.16 bits per heavy atom. The molecule has 0 aliphatic heterocycles. The molecular formula is C22H28N2O6S2. The highest BCUT2D eigenvalue weighted by atomic mass is 32.2. The van der Waals surface area contributed by atoms with Crippen molar-refractivity contribution < 1.29 is 28.8 Å². The number of hydrogen-bond acceptors (Lipinski definition) is 8. The number of nitrogens with one attached hydrogen (secondary N) is 2. The minimum Gasteiger partial charge on any atom is -0.352 e. The van der Waals surface area contributed by atoms with E-state index in [9.17, 15) is 28.8 Å². The number of hydrogen-bond donors (Lipinski definition) is 2. The van der Waals surface area contributed by atoms with Gasteiger partial charge in [-0.1, -0.05) is 13.2 Å². The first-order chi connectivity index (χ1) is 15.3. The second-order valence-corrected chi connectivity index (χ2v) is 10.2. The van der Waals surface area contributed by atoms with Crippen LogP contribution < -0.4 is 10.6 Å². The average molecular weight is 481 g/mol. The lowest BCUT2D eigenvalue weighted by Gasteiger charge is -2.12. The summed E-state index contributed by atoms with van der Waals surface area (Å²) < 4.78 is 0. The second kappa shape index (κ2) is 12.7. The molecule has 2 N–H and O–H groups in total. The van der Waals surface area contributed by atoms with Gasteiger partial charge in [-0.25, -0.2) is 0 Å². The highest BCUT2D eigenvalue weighted by Gasteiger charge is 2.44. The maximum Gasteiger partial charge on any atom is 0.243 e. The molecule has 174 valence electrons. The molecule has 4 atom stereocenters. The molecule has 0 spiro atoms. The third-order valence-corrected chi connectivity index (χ3v) is 7.91. The van der Waals surface area contributed by atoms with Gasteiger partial charge in [0.15, 0.2) is 11.6 Å². The van der Waals surface area contributed by atoms with Crippen molar-refractivity contribution in [2.24, 2.45) is 11.8 Å². The van der Waals surface area contributed by atoms with Gasteiger partial charge >= 0.3 is 0 Å². The van der Waals surface area contributed by atoms with E-state index in [2.05, 4.69) is 23.8 Å². The van der Waals surface area contributed by atoms with Crippen LogP contribution in [0.3, 0.4) is 0 Å². The van der Waals surface area contributed by atoms with Crippen molar-refractivity contribution in [3.05, 3.63) is 25.3 Å². The van der Waals surface area contributed by atoms with E-state index in [1.165, 1.54) is 35.7 Å². The summed E-state index contributed by atoms with van der Waals surface area (Å²) in [6.07, 6.45) is 3.03. The molecule has 0 radical (unpaired) electrons. The molecule has 2 fully saturated rings. The third-order valence-electron chi connectivity index (χ3n) is 5.43. The van der Waals surface area contributed by atoms with Crippen LogP contribution in [0, 0.1) is 11.8 Å². The minimum atomic E-state index is -0.767. The first kappa shape index (κ1) is 26.1. The van der Waals surface area contributed by atoms with E-state index in [1.807, 2.05) is 0 Å². The van der Waals surface area contributed by atoms with Crippen LogP contribution in [-0.4, -0.2) is 70.0 Å². The molecule has 2 amide bonds. The topological polar surface area (TPSA) is 126 Å². The van der Waals surface area contributed by atoms with Gasteiger partial charge in [-0.05, 0) is 25.0 Å². The van der Waals surface area contributed by atoms with Crippen molar-refractivity contribution >= 4 is 58.5 Å². The monoisotopic (exact) mass is 480 g/mol. The Labute approximate surface area is 195 Å². The predicted molar refractivity (Wildman–Crippen MR) is 124 cm³/mol. The van der Waals surface area contributed by atoms with E-state index in [-0.39, 0.29) is 60.6 Å². The number of thioether (sulfide) groups is 2. The molecule has 0 bridgehead atoms.